The standard InChI is InChI=1S/C16H18N4O3/c1-2-9-19(10-8-13-6-4-3-5-7-13)15(21)12-20-11-14(16(22)23)17-18-20/h2-7,11H,1,8-10,12H2,(H,22,23). The summed E-state index contributed by atoms with van der Waals surface area (Å²) in [6.45, 7) is 4.59. The van der Waals surface area contributed by atoms with Gasteiger partial charge in [0.05, 0.1) is 6.20 Å². The first-order chi connectivity index (χ1) is 11.1. The fourth-order valence-corrected chi connectivity index (χ4v) is 2.09. The van der Waals surface area contributed by atoms with E-state index >= 15 is 0 Å². The molecule has 0 bridgehead atoms. The second-order valence-electron chi connectivity index (χ2n) is 4.97. The summed E-state index contributed by atoms with van der Waals surface area (Å²) in [7, 11) is 0. The molecule has 0 unspecified atom stereocenters. The Hall–Kier alpha value is -2.96. The summed E-state index contributed by atoms with van der Waals surface area (Å²) in [5.41, 5.74) is 0.959. The third kappa shape index (κ3) is 4.77. The van der Waals surface area contributed by atoms with E-state index in [0.29, 0.717) is 13.1 Å². The molecule has 7 heteroatoms. The summed E-state index contributed by atoms with van der Waals surface area (Å²) in [5, 5.41) is 16.0. The number of aromatic carboxylic acids is 1. The third-order valence-electron chi connectivity index (χ3n) is 3.27. The lowest BCUT2D eigenvalue weighted by atomic mass is 10.1. The summed E-state index contributed by atoms with van der Waals surface area (Å²) >= 11 is 0. The van der Waals surface area contributed by atoms with Crippen LogP contribution in [-0.2, 0) is 17.8 Å². The molecule has 0 saturated carbocycles. The second-order valence-corrected chi connectivity index (χ2v) is 4.97. The number of hydrogen-bond donors (Lipinski definition) is 1. The molecule has 0 atom stereocenters. The van der Waals surface area contributed by atoms with Crippen LogP contribution in [0.25, 0.3) is 0 Å². The van der Waals surface area contributed by atoms with Crippen LogP contribution in [-0.4, -0.2) is 50.0 Å². The van der Waals surface area contributed by atoms with Gasteiger partial charge in [0.25, 0.3) is 0 Å². The number of carbonyl (C=O) groups is 2. The van der Waals surface area contributed by atoms with Crippen LogP contribution in [0.15, 0.2) is 49.2 Å². The van der Waals surface area contributed by atoms with Crippen LogP contribution in [0.5, 0.6) is 0 Å². The predicted octanol–water partition coefficient (Wildman–Crippen LogP) is 1.23. The van der Waals surface area contributed by atoms with E-state index in [2.05, 4.69) is 16.9 Å². The predicted molar refractivity (Wildman–Crippen MR) is 83.9 cm³/mol. The zero-order chi connectivity index (χ0) is 16.7. The first kappa shape index (κ1) is 16.4. The highest BCUT2D eigenvalue weighted by Crippen LogP contribution is 2.03. The van der Waals surface area contributed by atoms with Gasteiger partial charge < -0.3 is 10.0 Å². The number of hydrogen-bond acceptors (Lipinski definition) is 4. The number of benzene rings is 1. The Bertz CT molecular complexity index is 682. The highest BCUT2D eigenvalue weighted by Gasteiger charge is 2.15. The molecular weight excluding hydrogens is 296 g/mol. The molecule has 23 heavy (non-hydrogen) atoms. The number of carbonyl (C=O) groups excluding carboxylic acids is 1. The van der Waals surface area contributed by atoms with Gasteiger partial charge in [0.2, 0.25) is 5.91 Å². The number of nitrogens with zero attached hydrogens (tertiary/aromatic N) is 4. The number of amides is 1. The zero-order valence-electron chi connectivity index (χ0n) is 12.6. The Morgan fingerprint density at radius 2 is 2.04 bits per heavy atom. The summed E-state index contributed by atoms with van der Waals surface area (Å²) in [4.78, 5) is 24.8. The quantitative estimate of drug-likeness (QED) is 0.740. The monoisotopic (exact) mass is 314 g/mol. The van der Waals surface area contributed by atoms with Crippen LogP contribution in [0.3, 0.4) is 0 Å². The normalized spacial score (nSPS) is 10.3. The lowest BCUT2D eigenvalue weighted by molar-refractivity contribution is -0.131. The van der Waals surface area contributed by atoms with Crippen LogP contribution >= 0.6 is 0 Å². The van der Waals surface area contributed by atoms with E-state index in [1.165, 1.54) is 10.9 Å². The molecule has 0 saturated heterocycles. The number of aromatic nitrogens is 3. The smallest absolute Gasteiger partial charge is 0.358 e. The Kier molecular flexibility index (Phi) is 5.62. The minimum Gasteiger partial charge on any atom is -0.476 e. The van der Waals surface area contributed by atoms with Gasteiger partial charge in [-0.05, 0) is 12.0 Å². The molecule has 1 amide bonds. The van der Waals surface area contributed by atoms with Gasteiger partial charge >= 0.3 is 5.97 Å². The van der Waals surface area contributed by atoms with E-state index in [1.54, 1.807) is 11.0 Å². The van der Waals surface area contributed by atoms with Gasteiger partial charge in [-0.15, -0.1) is 11.7 Å². The first-order valence-corrected chi connectivity index (χ1v) is 7.16. The minimum atomic E-state index is -1.17. The second kappa shape index (κ2) is 7.88. The van der Waals surface area contributed by atoms with Crippen molar-refractivity contribution in [3.8, 4) is 0 Å². The van der Waals surface area contributed by atoms with Gasteiger partial charge in [-0.3, -0.25) is 4.79 Å². The van der Waals surface area contributed by atoms with Gasteiger partial charge in [0.1, 0.15) is 6.54 Å². The maximum absolute atomic E-state index is 12.3. The van der Waals surface area contributed by atoms with Crippen molar-refractivity contribution in [3.63, 3.8) is 0 Å². The molecule has 0 aliphatic rings. The maximum atomic E-state index is 12.3. The van der Waals surface area contributed by atoms with Crippen LogP contribution < -0.4 is 0 Å². The summed E-state index contributed by atoms with van der Waals surface area (Å²) in [6, 6.07) is 9.87. The fraction of sp³-hybridized carbons (Fsp3) is 0.250. The van der Waals surface area contributed by atoms with Crippen LogP contribution in [0, 0.1) is 0 Å². The molecule has 0 spiro atoms. The van der Waals surface area contributed by atoms with Crippen molar-refractivity contribution >= 4 is 11.9 Å². The molecule has 120 valence electrons. The average molecular weight is 314 g/mol. The van der Waals surface area contributed by atoms with E-state index < -0.39 is 5.97 Å². The van der Waals surface area contributed by atoms with Gasteiger partial charge in [0, 0.05) is 13.1 Å². The largest absolute Gasteiger partial charge is 0.476 e. The third-order valence-corrected chi connectivity index (χ3v) is 3.27. The molecule has 1 heterocycles. The number of carboxylic acid groups (broad SMARTS) is 1. The lowest BCUT2D eigenvalue weighted by Gasteiger charge is -2.21. The van der Waals surface area contributed by atoms with Gasteiger partial charge in [-0.25, -0.2) is 9.48 Å². The number of rotatable bonds is 8. The molecule has 0 fully saturated rings. The summed E-state index contributed by atoms with van der Waals surface area (Å²) in [6.07, 6.45) is 3.63. The zero-order valence-corrected chi connectivity index (χ0v) is 12.6. The molecule has 1 N–H and O–H groups in total. The summed E-state index contributed by atoms with van der Waals surface area (Å²) < 4.78 is 1.23. The van der Waals surface area contributed by atoms with Crippen molar-refractivity contribution < 1.29 is 14.7 Å². The molecule has 2 aromatic rings. The van der Waals surface area contributed by atoms with E-state index in [0.717, 1.165) is 12.0 Å². The molecule has 0 radical (unpaired) electrons. The highest BCUT2D eigenvalue weighted by atomic mass is 16.4. The topological polar surface area (TPSA) is 88.3 Å². The molecule has 7 nitrogen and oxygen atoms in total. The Labute approximate surface area is 133 Å². The Morgan fingerprint density at radius 1 is 1.30 bits per heavy atom. The maximum Gasteiger partial charge on any atom is 0.358 e. The van der Waals surface area contributed by atoms with Crippen molar-refractivity contribution in [3.05, 3.63) is 60.4 Å². The van der Waals surface area contributed by atoms with Gasteiger partial charge in [0.15, 0.2) is 5.69 Å². The van der Waals surface area contributed by atoms with Crippen LogP contribution in [0.1, 0.15) is 16.1 Å². The Balaban J connectivity index is 1.96. The molecule has 0 aliphatic heterocycles. The van der Waals surface area contributed by atoms with E-state index in [-0.39, 0.29) is 18.1 Å². The van der Waals surface area contributed by atoms with Gasteiger partial charge in [-0.1, -0.05) is 41.6 Å². The Morgan fingerprint density at radius 3 is 2.65 bits per heavy atom. The van der Waals surface area contributed by atoms with Crippen LogP contribution in [0.4, 0.5) is 0 Å². The average Bonchev–Trinajstić information content (AvgIpc) is 3.01. The molecular formula is C16H18N4O3. The van der Waals surface area contributed by atoms with Crippen molar-refractivity contribution in [1.29, 1.82) is 0 Å². The summed E-state index contributed by atoms with van der Waals surface area (Å²) in [5.74, 6) is -1.33. The lowest BCUT2D eigenvalue weighted by Crippen LogP contribution is -2.35. The molecule has 0 aliphatic carbocycles. The fourth-order valence-electron chi connectivity index (χ4n) is 2.09. The van der Waals surface area contributed by atoms with Crippen molar-refractivity contribution in [2.45, 2.75) is 13.0 Å². The van der Waals surface area contributed by atoms with E-state index in [9.17, 15) is 9.59 Å². The number of carboxylic acids is 1. The van der Waals surface area contributed by atoms with Crippen molar-refractivity contribution in [2.24, 2.45) is 0 Å². The first-order valence-electron chi connectivity index (χ1n) is 7.16. The molecule has 2 rings (SSSR count). The highest BCUT2D eigenvalue weighted by molar-refractivity contribution is 5.84. The molecule has 1 aromatic heterocycles. The van der Waals surface area contributed by atoms with Crippen LogP contribution in [0.2, 0.25) is 0 Å². The molecule has 1 aromatic carbocycles. The van der Waals surface area contributed by atoms with Crippen molar-refractivity contribution in [2.75, 3.05) is 13.1 Å². The van der Waals surface area contributed by atoms with E-state index in [1.807, 2.05) is 30.3 Å². The van der Waals surface area contributed by atoms with Gasteiger partial charge in [-0.2, -0.15) is 0 Å². The van der Waals surface area contributed by atoms with Crippen molar-refractivity contribution in [1.82, 2.24) is 19.9 Å². The minimum absolute atomic E-state index is 0.0527. The van der Waals surface area contributed by atoms with E-state index in [4.69, 9.17) is 5.11 Å². The SMILES string of the molecule is C=CCN(CCc1ccccc1)C(=O)Cn1cc(C(=O)O)nn1.